The zero-order chi connectivity index (χ0) is 18.1. The highest BCUT2D eigenvalue weighted by atomic mass is 16.4. The van der Waals surface area contributed by atoms with Gasteiger partial charge in [-0.2, -0.15) is 0 Å². The highest BCUT2D eigenvalue weighted by Crippen LogP contribution is 2.21. The number of aryl methyl sites for hydroxylation is 1. The molecular formula is C18H17N3O4. The zero-order valence-corrected chi connectivity index (χ0v) is 14.1. The molecule has 128 valence electrons. The molecule has 0 bridgehead atoms. The number of hydrogen-bond donors (Lipinski definition) is 0. The highest BCUT2D eigenvalue weighted by Gasteiger charge is 2.16. The van der Waals surface area contributed by atoms with Crippen molar-refractivity contribution in [3.8, 4) is 11.5 Å². The summed E-state index contributed by atoms with van der Waals surface area (Å²) in [4.78, 5) is 40.4. The predicted octanol–water partition coefficient (Wildman–Crippen LogP) is 1.76. The van der Waals surface area contributed by atoms with Gasteiger partial charge in [-0.3, -0.25) is 18.7 Å². The summed E-state index contributed by atoms with van der Waals surface area (Å²) < 4.78 is 7.89. The summed E-state index contributed by atoms with van der Waals surface area (Å²) in [6.45, 7) is 3.16. The number of benzene rings is 1. The van der Waals surface area contributed by atoms with Gasteiger partial charge in [-0.1, -0.05) is 18.2 Å². The molecule has 0 spiro atoms. The quantitative estimate of drug-likeness (QED) is 0.676. The van der Waals surface area contributed by atoms with Crippen molar-refractivity contribution in [3.63, 3.8) is 0 Å². The van der Waals surface area contributed by atoms with Gasteiger partial charge in [0.2, 0.25) is 5.89 Å². The third kappa shape index (κ3) is 3.08. The van der Waals surface area contributed by atoms with E-state index in [9.17, 15) is 14.4 Å². The summed E-state index contributed by atoms with van der Waals surface area (Å²) in [7, 11) is 1.35. The largest absolute Gasteiger partial charge is 0.441 e. The normalized spacial score (nSPS) is 10.8. The maximum atomic E-state index is 12.3. The van der Waals surface area contributed by atoms with Gasteiger partial charge in [0.15, 0.2) is 5.78 Å². The van der Waals surface area contributed by atoms with Crippen molar-refractivity contribution >= 4 is 5.78 Å². The molecule has 25 heavy (non-hydrogen) atoms. The van der Waals surface area contributed by atoms with Crippen molar-refractivity contribution in [2.24, 2.45) is 7.05 Å². The van der Waals surface area contributed by atoms with Gasteiger partial charge in [-0.15, -0.1) is 0 Å². The molecule has 0 atom stereocenters. The summed E-state index contributed by atoms with van der Waals surface area (Å²) >= 11 is 0. The molecule has 0 fully saturated rings. The number of Topliss-reactive ketones (excluding diaryl/α,β-unsaturated/α-hetero) is 1. The maximum Gasteiger partial charge on any atom is 0.331 e. The Hall–Kier alpha value is -3.22. The van der Waals surface area contributed by atoms with Crippen LogP contribution >= 0.6 is 0 Å². The summed E-state index contributed by atoms with van der Waals surface area (Å²) in [6.07, 6.45) is 1.28. The van der Waals surface area contributed by atoms with Gasteiger partial charge in [0.1, 0.15) is 11.5 Å². The molecule has 0 saturated carbocycles. The molecular weight excluding hydrogens is 322 g/mol. The lowest BCUT2D eigenvalue weighted by molar-refractivity contribution is 0.101. The molecule has 0 radical (unpaired) electrons. The van der Waals surface area contributed by atoms with Crippen molar-refractivity contribution in [3.05, 3.63) is 74.4 Å². The molecule has 0 aliphatic heterocycles. The van der Waals surface area contributed by atoms with Crippen molar-refractivity contribution in [2.45, 2.75) is 20.4 Å². The first-order chi connectivity index (χ1) is 11.9. The number of carbonyl (C=O) groups is 1. The monoisotopic (exact) mass is 339 g/mol. The Bertz CT molecular complexity index is 1060. The predicted molar refractivity (Wildman–Crippen MR) is 91.7 cm³/mol. The van der Waals surface area contributed by atoms with Crippen LogP contribution in [0, 0.1) is 6.92 Å². The number of ketones is 1. The van der Waals surface area contributed by atoms with Gasteiger partial charge >= 0.3 is 5.69 Å². The van der Waals surface area contributed by atoms with Crippen LogP contribution in [0.25, 0.3) is 11.5 Å². The Morgan fingerprint density at radius 3 is 2.52 bits per heavy atom. The minimum Gasteiger partial charge on any atom is -0.441 e. The molecule has 2 heterocycles. The number of nitrogens with zero attached hydrogens (tertiary/aromatic N) is 3. The van der Waals surface area contributed by atoms with E-state index in [0.29, 0.717) is 17.3 Å². The van der Waals surface area contributed by atoms with Crippen LogP contribution in [-0.4, -0.2) is 19.9 Å². The second-order valence-corrected chi connectivity index (χ2v) is 5.76. The van der Waals surface area contributed by atoms with Gasteiger partial charge < -0.3 is 4.42 Å². The lowest BCUT2D eigenvalue weighted by atomic mass is 10.2. The maximum absolute atomic E-state index is 12.3. The molecule has 0 aliphatic rings. The molecule has 0 saturated heterocycles. The fourth-order valence-corrected chi connectivity index (χ4v) is 2.52. The van der Waals surface area contributed by atoms with Crippen LogP contribution in [0.4, 0.5) is 0 Å². The molecule has 0 N–H and O–H groups in total. The zero-order valence-electron chi connectivity index (χ0n) is 14.1. The second-order valence-electron chi connectivity index (χ2n) is 5.76. The van der Waals surface area contributed by atoms with E-state index < -0.39 is 17.0 Å². The average Bonchev–Trinajstić information content (AvgIpc) is 2.96. The van der Waals surface area contributed by atoms with Gasteiger partial charge in [0.05, 0.1) is 12.1 Å². The molecule has 3 aromatic rings. The fraction of sp³-hybridized carbons (Fsp3) is 0.222. The molecule has 1 aromatic carbocycles. The van der Waals surface area contributed by atoms with E-state index in [1.165, 1.54) is 24.7 Å². The SMILES string of the molecule is CC(=O)c1cn(Cc2nc(-c3ccccc3)oc2C)c(=O)n(C)c1=O. The number of oxazole rings is 1. The van der Waals surface area contributed by atoms with Crippen LogP contribution in [0.2, 0.25) is 0 Å². The Morgan fingerprint density at radius 1 is 1.20 bits per heavy atom. The van der Waals surface area contributed by atoms with E-state index in [-0.39, 0.29) is 12.1 Å². The average molecular weight is 339 g/mol. The molecule has 0 amide bonds. The van der Waals surface area contributed by atoms with E-state index in [1.807, 2.05) is 30.3 Å². The Balaban J connectivity index is 2.04. The van der Waals surface area contributed by atoms with Crippen LogP contribution < -0.4 is 11.2 Å². The summed E-state index contributed by atoms with van der Waals surface area (Å²) in [5.74, 6) is 0.637. The van der Waals surface area contributed by atoms with Gasteiger partial charge in [0, 0.05) is 18.8 Å². The Kier molecular flexibility index (Phi) is 4.22. The smallest absolute Gasteiger partial charge is 0.331 e. The topological polar surface area (TPSA) is 87.1 Å². The summed E-state index contributed by atoms with van der Waals surface area (Å²) in [5.41, 5.74) is 0.240. The molecule has 3 rings (SSSR count). The van der Waals surface area contributed by atoms with Crippen LogP contribution in [0.1, 0.15) is 28.7 Å². The van der Waals surface area contributed by atoms with E-state index in [4.69, 9.17) is 4.42 Å². The minimum absolute atomic E-state index is 0.0356. The molecule has 7 nitrogen and oxygen atoms in total. The Morgan fingerprint density at radius 2 is 1.88 bits per heavy atom. The van der Waals surface area contributed by atoms with Crippen LogP contribution in [0.5, 0.6) is 0 Å². The molecule has 7 heteroatoms. The Labute approximate surface area is 143 Å². The van der Waals surface area contributed by atoms with Gasteiger partial charge in [-0.25, -0.2) is 9.78 Å². The van der Waals surface area contributed by atoms with Crippen molar-refractivity contribution in [1.29, 1.82) is 0 Å². The van der Waals surface area contributed by atoms with Crippen molar-refractivity contribution in [2.75, 3.05) is 0 Å². The minimum atomic E-state index is -0.601. The van der Waals surface area contributed by atoms with Crippen LogP contribution in [-0.2, 0) is 13.6 Å². The molecule has 0 unspecified atom stereocenters. The van der Waals surface area contributed by atoms with E-state index in [1.54, 1.807) is 6.92 Å². The molecule has 0 aliphatic carbocycles. The number of rotatable bonds is 4. The highest BCUT2D eigenvalue weighted by molar-refractivity contribution is 5.93. The van der Waals surface area contributed by atoms with Crippen LogP contribution in [0.3, 0.4) is 0 Å². The first-order valence-corrected chi connectivity index (χ1v) is 7.71. The number of aromatic nitrogens is 3. The first-order valence-electron chi connectivity index (χ1n) is 7.71. The van der Waals surface area contributed by atoms with E-state index in [0.717, 1.165) is 10.1 Å². The van der Waals surface area contributed by atoms with Crippen molar-refractivity contribution in [1.82, 2.24) is 14.1 Å². The number of carbonyl (C=O) groups excluding carboxylic acids is 1. The van der Waals surface area contributed by atoms with E-state index >= 15 is 0 Å². The van der Waals surface area contributed by atoms with E-state index in [2.05, 4.69) is 4.98 Å². The van der Waals surface area contributed by atoms with Gasteiger partial charge in [0.25, 0.3) is 5.56 Å². The third-order valence-corrected chi connectivity index (χ3v) is 3.97. The lowest BCUT2D eigenvalue weighted by Gasteiger charge is -2.08. The number of hydrogen-bond acceptors (Lipinski definition) is 5. The standard InChI is InChI=1S/C18H17N3O4/c1-11(22)14-9-21(18(24)20(3)17(14)23)10-15-12(2)25-16(19-15)13-7-5-4-6-8-13/h4-9H,10H2,1-3H3. The fourth-order valence-electron chi connectivity index (χ4n) is 2.52. The lowest BCUT2D eigenvalue weighted by Crippen LogP contribution is -2.40. The van der Waals surface area contributed by atoms with Crippen molar-refractivity contribution < 1.29 is 9.21 Å². The molecule has 2 aromatic heterocycles. The van der Waals surface area contributed by atoms with Gasteiger partial charge in [-0.05, 0) is 26.0 Å². The summed E-state index contributed by atoms with van der Waals surface area (Å²) in [5, 5.41) is 0. The summed E-state index contributed by atoms with van der Waals surface area (Å²) in [6, 6.07) is 9.41. The third-order valence-electron chi connectivity index (χ3n) is 3.97. The second kappa shape index (κ2) is 6.35. The van der Waals surface area contributed by atoms with Crippen LogP contribution in [0.15, 0.2) is 50.5 Å². The first kappa shape index (κ1) is 16.6.